The van der Waals surface area contributed by atoms with Gasteiger partial charge in [0.25, 0.3) is 0 Å². The molecule has 0 saturated carbocycles. The Morgan fingerprint density at radius 1 is 0.459 bits per heavy atom. The second kappa shape index (κ2) is 8.45. The molecule has 0 atom stereocenters. The van der Waals surface area contributed by atoms with Gasteiger partial charge in [0.15, 0.2) is 0 Å². The van der Waals surface area contributed by atoms with Crippen LogP contribution in [0.2, 0.25) is 0 Å². The Hall–Kier alpha value is -3.12. The summed E-state index contributed by atoms with van der Waals surface area (Å²) in [5, 5.41) is 0. The van der Waals surface area contributed by atoms with Crippen LogP contribution in [0.1, 0.15) is 101 Å². The van der Waals surface area contributed by atoms with Crippen molar-refractivity contribution in [1.29, 1.82) is 0 Å². The Balaban J connectivity index is 1.75. The molecule has 0 saturated heterocycles. The maximum atomic E-state index is 2.58. The predicted molar refractivity (Wildman–Crippen MR) is 159 cm³/mol. The van der Waals surface area contributed by atoms with Crippen LogP contribution in [0.4, 0.5) is 0 Å². The van der Waals surface area contributed by atoms with E-state index in [1.54, 1.807) is 0 Å². The minimum absolute atomic E-state index is 0.177. The Kier molecular flexibility index (Phi) is 5.53. The molecule has 0 aromatic heterocycles. The van der Waals surface area contributed by atoms with Gasteiger partial charge in [-0.1, -0.05) is 126 Å². The molecule has 0 heteroatoms. The van der Waals surface area contributed by atoms with Gasteiger partial charge >= 0.3 is 0 Å². The minimum Gasteiger partial charge on any atom is -0.0645 e. The summed E-state index contributed by atoms with van der Waals surface area (Å²) in [5.74, 6) is 0. The summed E-state index contributed by atoms with van der Waals surface area (Å²) in [6.07, 6.45) is 4.58. The Labute approximate surface area is 223 Å². The fourth-order valence-electron chi connectivity index (χ4n) is 7.21. The van der Waals surface area contributed by atoms with Gasteiger partial charge in [-0.2, -0.15) is 0 Å². The van der Waals surface area contributed by atoms with Crippen molar-refractivity contribution in [2.45, 2.75) is 83.5 Å². The first-order valence-electron chi connectivity index (χ1n) is 14.4. The number of benzene rings is 4. The van der Waals surface area contributed by atoms with E-state index in [1.165, 1.54) is 55.6 Å². The van der Waals surface area contributed by atoms with Crippen LogP contribution in [-0.2, 0) is 16.2 Å². The van der Waals surface area contributed by atoms with Crippen LogP contribution in [0.25, 0.3) is 22.3 Å². The highest BCUT2D eigenvalue weighted by atomic mass is 14.5. The van der Waals surface area contributed by atoms with Crippen molar-refractivity contribution < 1.29 is 0 Å². The maximum Gasteiger partial charge on any atom is 0.0725 e. The third kappa shape index (κ3) is 3.08. The summed E-state index contributed by atoms with van der Waals surface area (Å²) < 4.78 is 0. The molecule has 188 valence electrons. The van der Waals surface area contributed by atoms with Gasteiger partial charge in [0.2, 0.25) is 0 Å². The molecule has 0 nitrogen and oxygen atoms in total. The Bertz CT molecular complexity index is 1380. The molecule has 0 N–H and O–H groups in total. The molecular weight excluding hydrogens is 444 g/mol. The first-order valence-corrected chi connectivity index (χ1v) is 14.4. The highest BCUT2D eigenvalue weighted by Crippen LogP contribution is 2.63. The van der Waals surface area contributed by atoms with E-state index in [9.17, 15) is 0 Å². The van der Waals surface area contributed by atoms with Crippen LogP contribution < -0.4 is 0 Å². The van der Waals surface area contributed by atoms with Crippen LogP contribution >= 0.6 is 0 Å². The third-order valence-electron chi connectivity index (χ3n) is 10.6. The van der Waals surface area contributed by atoms with Gasteiger partial charge < -0.3 is 0 Å². The van der Waals surface area contributed by atoms with E-state index in [4.69, 9.17) is 0 Å². The molecule has 0 aliphatic heterocycles. The normalized spacial score (nSPS) is 14.9. The molecule has 0 amide bonds. The van der Waals surface area contributed by atoms with Crippen LogP contribution in [0.5, 0.6) is 0 Å². The van der Waals surface area contributed by atoms with Gasteiger partial charge in [-0.05, 0) is 92.1 Å². The highest BCUT2D eigenvalue weighted by Gasteiger charge is 2.52. The SMILES string of the molecule is CCC(C)(CC)c1ccc2c(c1)C1(c3ccccc3-c3ccccc31)c1cc(C(C)(CC)CC)ccc1-2. The van der Waals surface area contributed by atoms with Crippen molar-refractivity contribution in [1.82, 2.24) is 0 Å². The molecule has 2 aliphatic carbocycles. The second-order valence-electron chi connectivity index (χ2n) is 11.9. The lowest BCUT2D eigenvalue weighted by atomic mass is 9.68. The van der Waals surface area contributed by atoms with E-state index in [1.807, 2.05) is 0 Å². The molecule has 1 spiro atoms. The van der Waals surface area contributed by atoms with E-state index in [0.717, 1.165) is 25.7 Å². The monoisotopic (exact) mass is 484 g/mol. The van der Waals surface area contributed by atoms with E-state index < -0.39 is 0 Å². The van der Waals surface area contributed by atoms with Crippen molar-refractivity contribution in [2.75, 3.05) is 0 Å². The van der Waals surface area contributed by atoms with Crippen molar-refractivity contribution in [2.24, 2.45) is 0 Å². The van der Waals surface area contributed by atoms with Crippen LogP contribution in [0.15, 0.2) is 84.9 Å². The third-order valence-corrected chi connectivity index (χ3v) is 10.6. The predicted octanol–water partition coefficient (Wildman–Crippen LogP) is 10.2. The van der Waals surface area contributed by atoms with Gasteiger partial charge in [-0.25, -0.2) is 0 Å². The quantitative estimate of drug-likeness (QED) is 0.220. The van der Waals surface area contributed by atoms with Crippen molar-refractivity contribution >= 4 is 0 Å². The summed E-state index contributed by atoms with van der Waals surface area (Å²) in [4.78, 5) is 0. The van der Waals surface area contributed by atoms with Crippen molar-refractivity contribution in [3.05, 3.63) is 118 Å². The average Bonchev–Trinajstić information content (AvgIpc) is 3.43. The van der Waals surface area contributed by atoms with Crippen LogP contribution in [0, 0.1) is 0 Å². The number of hydrogen-bond donors (Lipinski definition) is 0. The summed E-state index contributed by atoms with van der Waals surface area (Å²) in [5.41, 5.74) is 14.4. The first-order chi connectivity index (χ1) is 17.9. The van der Waals surface area contributed by atoms with Gasteiger partial charge in [-0.15, -0.1) is 0 Å². The molecule has 0 radical (unpaired) electrons. The molecular formula is C37H40. The lowest BCUT2D eigenvalue weighted by Gasteiger charge is -2.34. The molecule has 0 unspecified atom stereocenters. The van der Waals surface area contributed by atoms with Gasteiger partial charge in [0.05, 0.1) is 5.41 Å². The topological polar surface area (TPSA) is 0 Å². The lowest BCUT2D eigenvalue weighted by molar-refractivity contribution is 0.437. The average molecular weight is 485 g/mol. The molecule has 4 aromatic rings. The fourth-order valence-corrected chi connectivity index (χ4v) is 7.21. The van der Waals surface area contributed by atoms with Crippen molar-refractivity contribution in [3.8, 4) is 22.3 Å². The largest absolute Gasteiger partial charge is 0.0725 e. The molecule has 2 aliphatic rings. The minimum atomic E-state index is -0.269. The van der Waals surface area contributed by atoms with Gasteiger partial charge in [0.1, 0.15) is 0 Å². The molecule has 37 heavy (non-hydrogen) atoms. The first kappa shape index (κ1) is 24.2. The van der Waals surface area contributed by atoms with E-state index in [2.05, 4.69) is 126 Å². The zero-order valence-corrected chi connectivity index (χ0v) is 23.4. The molecule has 0 heterocycles. The lowest BCUT2D eigenvalue weighted by Crippen LogP contribution is -2.28. The van der Waals surface area contributed by atoms with E-state index >= 15 is 0 Å². The smallest absolute Gasteiger partial charge is 0.0645 e. The van der Waals surface area contributed by atoms with Crippen LogP contribution in [0.3, 0.4) is 0 Å². The zero-order valence-electron chi connectivity index (χ0n) is 23.4. The molecule has 0 fully saturated rings. The van der Waals surface area contributed by atoms with Gasteiger partial charge in [-0.3, -0.25) is 0 Å². The van der Waals surface area contributed by atoms with Crippen LogP contribution in [-0.4, -0.2) is 0 Å². The van der Waals surface area contributed by atoms with Crippen molar-refractivity contribution in [3.63, 3.8) is 0 Å². The number of hydrogen-bond acceptors (Lipinski definition) is 0. The molecule has 4 aromatic carbocycles. The summed E-state index contributed by atoms with van der Waals surface area (Å²) >= 11 is 0. The van der Waals surface area contributed by atoms with E-state index in [0.29, 0.717) is 0 Å². The number of fused-ring (bicyclic) bond motifs is 10. The van der Waals surface area contributed by atoms with E-state index in [-0.39, 0.29) is 16.2 Å². The standard InChI is InChI=1S/C37H40/c1-7-35(5,8-2)25-19-21-29-30-22-20-26(36(6,9-3)10-4)24-34(30)37(33(29)23-25)31-17-13-11-15-27(31)28-16-12-14-18-32(28)37/h11-24H,7-10H2,1-6H3. The fraction of sp³-hybridized carbons (Fsp3) is 0.351. The zero-order chi connectivity index (χ0) is 26.0. The van der Waals surface area contributed by atoms with Gasteiger partial charge in [0, 0.05) is 0 Å². The Morgan fingerprint density at radius 2 is 0.811 bits per heavy atom. The second-order valence-corrected chi connectivity index (χ2v) is 11.9. The molecule has 0 bridgehead atoms. The number of rotatable bonds is 6. The maximum absolute atomic E-state index is 2.58. The highest BCUT2D eigenvalue weighted by molar-refractivity contribution is 5.95. The Morgan fingerprint density at radius 3 is 1.19 bits per heavy atom. The summed E-state index contributed by atoms with van der Waals surface area (Å²) in [6, 6.07) is 33.2. The summed E-state index contributed by atoms with van der Waals surface area (Å²) in [7, 11) is 0. The summed E-state index contributed by atoms with van der Waals surface area (Å²) in [6.45, 7) is 14.2. The molecule has 6 rings (SSSR count).